The average molecular weight is 522 g/mol. The second kappa shape index (κ2) is 10.8. The van der Waals surface area contributed by atoms with E-state index in [2.05, 4.69) is 53.3 Å². The van der Waals surface area contributed by atoms with Crippen molar-refractivity contribution < 1.29 is 8.42 Å². The van der Waals surface area contributed by atoms with E-state index in [1.165, 1.54) is 11.1 Å². The number of guanidine groups is 1. The number of aliphatic imine (C=N–C) groups is 1. The molecule has 0 amide bonds. The predicted molar refractivity (Wildman–Crippen MR) is 128 cm³/mol. The van der Waals surface area contributed by atoms with Crippen LogP contribution in [0.3, 0.4) is 0 Å². The normalized spacial score (nSPS) is 18.6. The van der Waals surface area contributed by atoms with Gasteiger partial charge in [0.1, 0.15) is 0 Å². The lowest BCUT2D eigenvalue weighted by atomic mass is 10.1. The Bertz CT molecular complexity index is 744. The SMILES string of the molecule is CCN(CC)Cc1ccc(CNC(=NC)N2CCS(=O)(=O)C(C)(C)C2)cc1.I. The summed E-state index contributed by atoms with van der Waals surface area (Å²) in [7, 11) is -1.31. The van der Waals surface area contributed by atoms with Crippen molar-refractivity contribution in [2.75, 3.05) is 39.0 Å². The first-order valence-electron chi connectivity index (χ1n) is 9.70. The predicted octanol–water partition coefficient (Wildman–Crippen LogP) is 2.73. The van der Waals surface area contributed by atoms with Crippen LogP contribution in [0.5, 0.6) is 0 Å². The van der Waals surface area contributed by atoms with E-state index in [0.29, 0.717) is 19.6 Å². The molecule has 0 saturated carbocycles. The van der Waals surface area contributed by atoms with Gasteiger partial charge in [-0.3, -0.25) is 9.89 Å². The highest BCUT2D eigenvalue weighted by Gasteiger charge is 2.40. The maximum absolute atomic E-state index is 12.2. The molecule has 0 atom stereocenters. The van der Waals surface area contributed by atoms with Gasteiger partial charge in [0.15, 0.2) is 15.8 Å². The summed E-state index contributed by atoms with van der Waals surface area (Å²) in [5.74, 6) is 0.922. The van der Waals surface area contributed by atoms with Crippen LogP contribution in [0.25, 0.3) is 0 Å². The molecule has 1 aliphatic rings. The van der Waals surface area contributed by atoms with Crippen LogP contribution in [0.4, 0.5) is 0 Å². The molecule has 0 aliphatic carbocycles. The number of benzene rings is 1. The van der Waals surface area contributed by atoms with Crippen LogP contribution in [0.15, 0.2) is 29.3 Å². The van der Waals surface area contributed by atoms with Crippen LogP contribution in [-0.4, -0.2) is 67.9 Å². The van der Waals surface area contributed by atoms with Gasteiger partial charge in [0.05, 0.1) is 10.5 Å². The Morgan fingerprint density at radius 1 is 1.18 bits per heavy atom. The third-order valence-electron chi connectivity index (χ3n) is 5.33. The Balaban J connectivity index is 0.00000392. The summed E-state index contributed by atoms with van der Waals surface area (Å²) in [6.07, 6.45) is 0. The first-order valence-corrected chi connectivity index (χ1v) is 11.4. The Hall–Kier alpha value is -0.870. The maximum atomic E-state index is 12.2. The van der Waals surface area contributed by atoms with Gasteiger partial charge in [0.2, 0.25) is 0 Å². The summed E-state index contributed by atoms with van der Waals surface area (Å²) in [5.41, 5.74) is 2.50. The van der Waals surface area contributed by atoms with Crippen molar-refractivity contribution in [3.8, 4) is 0 Å². The van der Waals surface area contributed by atoms with E-state index in [1.807, 2.05) is 4.90 Å². The smallest absolute Gasteiger partial charge is 0.193 e. The largest absolute Gasteiger partial charge is 0.352 e. The fourth-order valence-corrected chi connectivity index (χ4v) is 4.67. The number of sulfone groups is 1. The summed E-state index contributed by atoms with van der Waals surface area (Å²) in [4.78, 5) is 8.78. The number of halogens is 1. The van der Waals surface area contributed by atoms with E-state index in [0.717, 1.165) is 25.6 Å². The van der Waals surface area contributed by atoms with Crippen molar-refractivity contribution in [3.05, 3.63) is 35.4 Å². The van der Waals surface area contributed by atoms with E-state index >= 15 is 0 Å². The molecule has 8 heteroatoms. The molecule has 1 aliphatic heterocycles. The zero-order valence-electron chi connectivity index (χ0n) is 17.7. The highest BCUT2D eigenvalue weighted by atomic mass is 127. The number of nitrogens with one attached hydrogen (secondary N) is 1. The molecule has 1 saturated heterocycles. The van der Waals surface area contributed by atoms with Gasteiger partial charge in [-0.2, -0.15) is 0 Å². The summed E-state index contributed by atoms with van der Waals surface area (Å²) >= 11 is 0. The van der Waals surface area contributed by atoms with E-state index in [-0.39, 0.29) is 29.7 Å². The quantitative estimate of drug-likeness (QED) is 0.354. The lowest BCUT2D eigenvalue weighted by Crippen LogP contribution is -2.57. The van der Waals surface area contributed by atoms with Gasteiger partial charge < -0.3 is 10.2 Å². The molecule has 0 radical (unpaired) electrons. The van der Waals surface area contributed by atoms with E-state index in [9.17, 15) is 8.42 Å². The topological polar surface area (TPSA) is 65.0 Å². The van der Waals surface area contributed by atoms with Gasteiger partial charge >= 0.3 is 0 Å². The van der Waals surface area contributed by atoms with Crippen LogP contribution in [-0.2, 0) is 22.9 Å². The van der Waals surface area contributed by atoms with E-state index in [4.69, 9.17) is 0 Å². The molecule has 0 unspecified atom stereocenters. The first kappa shape index (κ1) is 25.2. The molecule has 1 aromatic rings. The summed E-state index contributed by atoms with van der Waals surface area (Å²) in [6.45, 7) is 12.6. The number of nitrogens with zero attached hydrogens (tertiary/aromatic N) is 3. The summed E-state index contributed by atoms with van der Waals surface area (Å²) in [5, 5.41) is 3.37. The third-order valence-corrected chi connectivity index (χ3v) is 7.86. The van der Waals surface area contributed by atoms with E-state index < -0.39 is 14.6 Å². The highest BCUT2D eigenvalue weighted by molar-refractivity contribution is 14.0. The molecule has 0 spiro atoms. The van der Waals surface area contributed by atoms with Crippen LogP contribution in [0.2, 0.25) is 0 Å². The molecule has 1 heterocycles. The molecule has 6 nitrogen and oxygen atoms in total. The molecule has 1 N–H and O–H groups in total. The fraction of sp³-hybridized carbons (Fsp3) is 0.650. The van der Waals surface area contributed by atoms with Crippen molar-refractivity contribution in [1.82, 2.24) is 15.1 Å². The standard InChI is InChI=1S/C20H34N4O2S.HI/c1-6-23(7-2)15-18-10-8-17(9-11-18)14-22-19(21-5)24-12-13-27(25,26)20(3,4)16-24;/h8-11H,6-7,12-16H2,1-5H3,(H,21,22);1H. The lowest BCUT2D eigenvalue weighted by molar-refractivity contribution is 0.296. The molecule has 28 heavy (non-hydrogen) atoms. The molecule has 160 valence electrons. The average Bonchev–Trinajstić information content (AvgIpc) is 2.64. The minimum atomic E-state index is -3.05. The molecular weight excluding hydrogens is 487 g/mol. The molecule has 1 aromatic carbocycles. The molecular formula is C20H35IN4O2S. The van der Waals surface area contributed by atoms with Gasteiger partial charge in [-0.1, -0.05) is 38.1 Å². The maximum Gasteiger partial charge on any atom is 0.193 e. The van der Waals surface area contributed by atoms with Crippen molar-refractivity contribution in [2.45, 2.75) is 45.5 Å². The van der Waals surface area contributed by atoms with Gasteiger partial charge in [-0.05, 0) is 38.1 Å². The first-order chi connectivity index (χ1) is 12.7. The number of rotatable bonds is 6. The summed E-state index contributed by atoms with van der Waals surface area (Å²) in [6, 6.07) is 8.64. The summed E-state index contributed by atoms with van der Waals surface area (Å²) < 4.78 is 23.6. The Morgan fingerprint density at radius 2 is 1.75 bits per heavy atom. The van der Waals surface area contributed by atoms with Gasteiger partial charge in [0, 0.05) is 33.2 Å². The van der Waals surface area contributed by atoms with Gasteiger partial charge in [0.25, 0.3) is 0 Å². The van der Waals surface area contributed by atoms with Gasteiger partial charge in [-0.15, -0.1) is 24.0 Å². The van der Waals surface area contributed by atoms with Gasteiger partial charge in [-0.25, -0.2) is 8.42 Å². The van der Waals surface area contributed by atoms with E-state index in [1.54, 1.807) is 20.9 Å². The number of hydrogen-bond donors (Lipinski definition) is 1. The number of hydrogen-bond acceptors (Lipinski definition) is 4. The highest BCUT2D eigenvalue weighted by Crippen LogP contribution is 2.23. The zero-order chi connectivity index (χ0) is 20.1. The zero-order valence-corrected chi connectivity index (χ0v) is 20.9. The van der Waals surface area contributed by atoms with Crippen molar-refractivity contribution in [1.29, 1.82) is 0 Å². The second-order valence-corrected chi connectivity index (χ2v) is 10.4. The lowest BCUT2D eigenvalue weighted by Gasteiger charge is -2.39. The second-order valence-electron chi connectivity index (χ2n) is 7.68. The van der Waals surface area contributed by atoms with Crippen LogP contribution >= 0.6 is 24.0 Å². The molecule has 0 aromatic heterocycles. The van der Waals surface area contributed by atoms with Crippen molar-refractivity contribution >= 4 is 39.8 Å². The third kappa shape index (κ3) is 6.32. The van der Waals surface area contributed by atoms with Crippen molar-refractivity contribution in [3.63, 3.8) is 0 Å². The monoisotopic (exact) mass is 522 g/mol. The minimum absolute atomic E-state index is 0. The molecule has 2 rings (SSSR count). The van der Waals surface area contributed by atoms with Crippen LogP contribution in [0, 0.1) is 0 Å². The Morgan fingerprint density at radius 3 is 2.25 bits per heavy atom. The van der Waals surface area contributed by atoms with Crippen molar-refractivity contribution in [2.24, 2.45) is 4.99 Å². The molecule has 0 bridgehead atoms. The minimum Gasteiger partial charge on any atom is -0.352 e. The Kier molecular flexibility index (Phi) is 9.69. The van der Waals surface area contributed by atoms with Crippen LogP contribution in [0.1, 0.15) is 38.8 Å². The fourth-order valence-electron chi connectivity index (χ4n) is 3.31. The molecule has 1 fully saturated rings. The van der Waals surface area contributed by atoms with Crippen LogP contribution < -0.4 is 5.32 Å². The Labute approximate surface area is 187 Å².